The minimum Gasteiger partial charge on any atom is -0.384 e. The molecule has 2 rings (SSSR count). The first kappa shape index (κ1) is 12.4. The van der Waals surface area contributed by atoms with Crippen LogP contribution in [0.25, 0.3) is 0 Å². The zero-order valence-electron chi connectivity index (χ0n) is 11.0. The molecular formula is C14H18N4. The fourth-order valence-electron chi connectivity index (χ4n) is 1.90. The van der Waals surface area contributed by atoms with Crippen molar-refractivity contribution >= 4 is 5.84 Å². The van der Waals surface area contributed by atoms with E-state index in [0.29, 0.717) is 0 Å². The number of hydrogen-bond acceptors (Lipinski definition) is 2. The second-order valence-electron chi connectivity index (χ2n) is 4.56. The molecule has 1 heterocycles. The average molecular weight is 242 g/mol. The minimum absolute atomic E-state index is 0.100. The van der Waals surface area contributed by atoms with Gasteiger partial charge in [-0.15, -0.1) is 0 Å². The number of nitrogens with zero attached hydrogens (tertiary/aromatic N) is 2. The Balaban J connectivity index is 2.23. The van der Waals surface area contributed by atoms with Crippen LogP contribution in [0.3, 0.4) is 0 Å². The van der Waals surface area contributed by atoms with Gasteiger partial charge in [-0.2, -0.15) is 5.10 Å². The highest BCUT2D eigenvalue weighted by atomic mass is 15.3. The number of aromatic nitrogens is 2. The van der Waals surface area contributed by atoms with Crippen molar-refractivity contribution in [2.24, 2.45) is 5.73 Å². The summed E-state index contributed by atoms with van der Waals surface area (Å²) in [5, 5.41) is 11.9. The predicted molar refractivity (Wildman–Crippen MR) is 73.0 cm³/mol. The lowest BCUT2D eigenvalue weighted by Crippen LogP contribution is -2.11. The highest BCUT2D eigenvalue weighted by Crippen LogP contribution is 2.13. The number of nitrogens with one attached hydrogen (secondary N) is 1. The Morgan fingerprint density at radius 1 is 1.22 bits per heavy atom. The summed E-state index contributed by atoms with van der Waals surface area (Å²) < 4.78 is 2.01. The van der Waals surface area contributed by atoms with Gasteiger partial charge < -0.3 is 5.73 Å². The third-order valence-electron chi connectivity index (χ3n) is 3.34. The number of amidine groups is 1. The van der Waals surface area contributed by atoms with E-state index < -0.39 is 0 Å². The van der Waals surface area contributed by atoms with E-state index in [1.165, 1.54) is 11.3 Å². The number of rotatable bonds is 3. The maximum atomic E-state index is 7.35. The molecule has 1 aromatic carbocycles. The first-order chi connectivity index (χ1) is 8.49. The van der Waals surface area contributed by atoms with Gasteiger partial charge in [0.05, 0.1) is 12.2 Å². The molecule has 0 spiro atoms. The molecule has 94 valence electrons. The van der Waals surface area contributed by atoms with Gasteiger partial charge in [0.25, 0.3) is 0 Å². The number of nitrogen functional groups attached to an aromatic ring is 1. The van der Waals surface area contributed by atoms with Gasteiger partial charge in [0.2, 0.25) is 0 Å². The summed E-state index contributed by atoms with van der Waals surface area (Å²) in [6.07, 6.45) is 0. The third kappa shape index (κ3) is 2.27. The van der Waals surface area contributed by atoms with Gasteiger partial charge in [-0.1, -0.05) is 24.3 Å². The van der Waals surface area contributed by atoms with Crippen molar-refractivity contribution in [2.75, 3.05) is 0 Å². The Kier molecular flexibility index (Phi) is 3.19. The fraction of sp³-hybridized carbons (Fsp3) is 0.286. The van der Waals surface area contributed by atoms with Crippen LogP contribution in [0.2, 0.25) is 0 Å². The highest BCUT2D eigenvalue weighted by Gasteiger charge is 2.07. The lowest BCUT2D eigenvalue weighted by Gasteiger charge is -2.06. The van der Waals surface area contributed by atoms with Crippen molar-refractivity contribution in [3.05, 3.63) is 52.3 Å². The van der Waals surface area contributed by atoms with Crippen molar-refractivity contribution in [1.82, 2.24) is 9.78 Å². The van der Waals surface area contributed by atoms with E-state index in [1.54, 1.807) is 0 Å². The van der Waals surface area contributed by atoms with Gasteiger partial charge in [-0.3, -0.25) is 10.1 Å². The molecule has 0 bridgehead atoms. The molecule has 4 heteroatoms. The van der Waals surface area contributed by atoms with Crippen molar-refractivity contribution in [2.45, 2.75) is 27.3 Å². The molecule has 0 aliphatic rings. The fourth-order valence-corrected chi connectivity index (χ4v) is 1.90. The maximum Gasteiger partial charge on any atom is 0.122 e. The van der Waals surface area contributed by atoms with Crippen LogP contribution < -0.4 is 5.73 Å². The van der Waals surface area contributed by atoms with E-state index in [0.717, 1.165) is 23.4 Å². The molecule has 0 amide bonds. The zero-order chi connectivity index (χ0) is 13.3. The molecule has 4 nitrogen and oxygen atoms in total. The van der Waals surface area contributed by atoms with Gasteiger partial charge in [0.15, 0.2) is 0 Å². The lowest BCUT2D eigenvalue weighted by molar-refractivity contribution is 0.658. The highest BCUT2D eigenvalue weighted by molar-refractivity contribution is 5.94. The summed E-state index contributed by atoms with van der Waals surface area (Å²) >= 11 is 0. The van der Waals surface area contributed by atoms with E-state index in [4.69, 9.17) is 11.1 Å². The van der Waals surface area contributed by atoms with Crippen LogP contribution in [0, 0.1) is 26.2 Å². The molecule has 0 fully saturated rings. The third-order valence-corrected chi connectivity index (χ3v) is 3.34. The monoisotopic (exact) mass is 242 g/mol. The summed E-state index contributed by atoms with van der Waals surface area (Å²) in [5.41, 5.74) is 10.9. The minimum atomic E-state index is 0.100. The quantitative estimate of drug-likeness (QED) is 0.639. The van der Waals surface area contributed by atoms with Crippen LogP contribution >= 0.6 is 0 Å². The molecule has 0 unspecified atom stereocenters. The van der Waals surface area contributed by atoms with Crippen LogP contribution in [-0.2, 0) is 6.54 Å². The van der Waals surface area contributed by atoms with Crippen LogP contribution in [-0.4, -0.2) is 15.6 Å². The Labute approximate surface area is 107 Å². The number of hydrogen-bond donors (Lipinski definition) is 2. The van der Waals surface area contributed by atoms with Crippen LogP contribution in [0.1, 0.15) is 28.1 Å². The van der Waals surface area contributed by atoms with Gasteiger partial charge in [0, 0.05) is 11.3 Å². The summed E-state index contributed by atoms with van der Waals surface area (Å²) in [4.78, 5) is 0. The molecule has 1 aromatic heterocycles. The smallest absolute Gasteiger partial charge is 0.122 e. The van der Waals surface area contributed by atoms with Gasteiger partial charge in [-0.25, -0.2) is 0 Å². The molecule has 0 aliphatic carbocycles. The first-order valence-corrected chi connectivity index (χ1v) is 5.93. The predicted octanol–water partition coefficient (Wildman–Crippen LogP) is 2.14. The Morgan fingerprint density at radius 2 is 1.83 bits per heavy atom. The second kappa shape index (κ2) is 4.64. The number of nitrogens with two attached hydrogens (primary N) is 1. The molecule has 0 saturated carbocycles. The Bertz CT molecular complexity index is 579. The van der Waals surface area contributed by atoms with Crippen LogP contribution in [0.15, 0.2) is 24.3 Å². The van der Waals surface area contributed by atoms with E-state index >= 15 is 0 Å². The molecule has 0 aliphatic heterocycles. The normalized spacial score (nSPS) is 10.6. The standard InChI is InChI=1S/C14H18N4/c1-9-10(2)17-18(11(9)3)8-12-4-6-13(7-5-12)14(15)16/h4-7H,8H2,1-3H3,(H3,15,16). The molecule has 3 N–H and O–H groups in total. The van der Waals surface area contributed by atoms with Gasteiger partial charge >= 0.3 is 0 Å². The number of benzene rings is 1. The summed E-state index contributed by atoms with van der Waals surface area (Å²) in [6.45, 7) is 6.95. The molecular weight excluding hydrogens is 224 g/mol. The number of aryl methyl sites for hydroxylation is 1. The van der Waals surface area contributed by atoms with Crippen molar-refractivity contribution < 1.29 is 0 Å². The van der Waals surface area contributed by atoms with Crippen molar-refractivity contribution in [3.63, 3.8) is 0 Å². The van der Waals surface area contributed by atoms with Crippen LogP contribution in [0.5, 0.6) is 0 Å². The maximum absolute atomic E-state index is 7.35. The Hall–Kier alpha value is -2.10. The largest absolute Gasteiger partial charge is 0.384 e. The van der Waals surface area contributed by atoms with Gasteiger partial charge in [-0.05, 0) is 31.9 Å². The summed E-state index contributed by atoms with van der Waals surface area (Å²) in [6, 6.07) is 7.72. The molecule has 0 atom stereocenters. The molecule has 18 heavy (non-hydrogen) atoms. The van der Waals surface area contributed by atoms with Crippen molar-refractivity contribution in [1.29, 1.82) is 5.41 Å². The first-order valence-electron chi connectivity index (χ1n) is 5.93. The summed E-state index contributed by atoms with van der Waals surface area (Å²) in [7, 11) is 0. The van der Waals surface area contributed by atoms with Gasteiger partial charge in [0.1, 0.15) is 5.84 Å². The second-order valence-corrected chi connectivity index (χ2v) is 4.56. The SMILES string of the molecule is Cc1nn(Cc2ccc(C(=N)N)cc2)c(C)c1C. The van der Waals surface area contributed by atoms with E-state index in [2.05, 4.69) is 18.9 Å². The lowest BCUT2D eigenvalue weighted by atomic mass is 10.1. The molecule has 0 radical (unpaired) electrons. The van der Waals surface area contributed by atoms with Crippen LogP contribution in [0.4, 0.5) is 0 Å². The summed E-state index contributed by atoms with van der Waals surface area (Å²) in [5.74, 6) is 0.100. The van der Waals surface area contributed by atoms with E-state index in [-0.39, 0.29) is 5.84 Å². The van der Waals surface area contributed by atoms with E-state index in [9.17, 15) is 0 Å². The van der Waals surface area contributed by atoms with Crippen molar-refractivity contribution in [3.8, 4) is 0 Å². The Morgan fingerprint density at radius 3 is 2.28 bits per heavy atom. The average Bonchev–Trinajstić information content (AvgIpc) is 2.58. The molecule has 2 aromatic rings. The van der Waals surface area contributed by atoms with E-state index in [1.807, 2.05) is 35.9 Å². The topological polar surface area (TPSA) is 67.7 Å². The molecule has 0 saturated heterocycles. The zero-order valence-corrected chi connectivity index (χ0v) is 11.0.